The highest BCUT2D eigenvalue weighted by molar-refractivity contribution is 7.12. The summed E-state index contributed by atoms with van der Waals surface area (Å²) in [6, 6.07) is 19.0. The smallest absolute Gasteiger partial charge is 0.273 e. The molecule has 0 aliphatic carbocycles. The van der Waals surface area contributed by atoms with Gasteiger partial charge in [0.15, 0.2) is 0 Å². The lowest BCUT2D eigenvalue weighted by Gasteiger charge is -2.04. The molecule has 6 heteroatoms. The van der Waals surface area contributed by atoms with Gasteiger partial charge in [-0.15, -0.1) is 11.3 Å². The van der Waals surface area contributed by atoms with Gasteiger partial charge in [-0.05, 0) is 17.7 Å². The summed E-state index contributed by atoms with van der Waals surface area (Å²) in [5.41, 5.74) is 3.26. The van der Waals surface area contributed by atoms with Crippen molar-refractivity contribution in [1.29, 1.82) is 0 Å². The average Bonchev–Trinajstić information content (AvgIpc) is 3.29. The molecule has 0 saturated heterocycles. The Morgan fingerprint density at radius 1 is 1.08 bits per heavy atom. The van der Waals surface area contributed by atoms with E-state index in [2.05, 4.69) is 10.1 Å². The summed E-state index contributed by atoms with van der Waals surface area (Å²) in [6.07, 6.45) is 0. The van der Waals surface area contributed by atoms with Crippen molar-refractivity contribution in [2.75, 3.05) is 7.11 Å². The van der Waals surface area contributed by atoms with Crippen LogP contribution in [0.15, 0.2) is 70.8 Å². The molecule has 0 fully saturated rings. The van der Waals surface area contributed by atoms with Crippen LogP contribution in [-0.4, -0.2) is 21.9 Å². The third-order valence-electron chi connectivity index (χ3n) is 3.87. The summed E-state index contributed by atoms with van der Waals surface area (Å²) in [5, 5.41) is 5.64. The van der Waals surface area contributed by atoms with Crippen LogP contribution in [0.1, 0.15) is 0 Å². The number of hydrogen-bond acceptors (Lipinski definition) is 4. The second kappa shape index (κ2) is 6.41. The van der Waals surface area contributed by atoms with E-state index in [1.807, 2.05) is 60.0 Å². The Balaban J connectivity index is 1.74. The SMILES string of the molecule is COc1ccccc1-c1csc(-n2[nH]c(-c3ccccc3)cc2=O)n1. The molecule has 4 aromatic rings. The van der Waals surface area contributed by atoms with Crippen LogP contribution in [-0.2, 0) is 0 Å². The van der Waals surface area contributed by atoms with E-state index in [1.54, 1.807) is 13.2 Å². The topological polar surface area (TPSA) is 59.9 Å². The molecule has 25 heavy (non-hydrogen) atoms. The first-order chi connectivity index (χ1) is 12.3. The normalized spacial score (nSPS) is 10.8. The summed E-state index contributed by atoms with van der Waals surface area (Å²) in [4.78, 5) is 17.0. The quantitative estimate of drug-likeness (QED) is 0.606. The Morgan fingerprint density at radius 3 is 2.64 bits per heavy atom. The number of benzene rings is 2. The molecule has 1 N–H and O–H groups in total. The molecule has 0 bridgehead atoms. The first kappa shape index (κ1) is 15.4. The maximum atomic E-state index is 12.4. The standard InChI is InChI=1S/C19H15N3O2S/c1-24-17-10-6-5-9-14(17)16-12-25-19(20-16)22-18(23)11-15(21-22)13-7-3-2-4-8-13/h2-12,21H,1H3. The van der Waals surface area contributed by atoms with Crippen LogP contribution in [0.3, 0.4) is 0 Å². The highest BCUT2D eigenvalue weighted by Gasteiger charge is 2.13. The molecule has 0 spiro atoms. The fourth-order valence-corrected chi connectivity index (χ4v) is 3.44. The van der Waals surface area contributed by atoms with E-state index in [0.29, 0.717) is 5.13 Å². The van der Waals surface area contributed by atoms with E-state index >= 15 is 0 Å². The molecular formula is C19H15N3O2S. The van der Waals surface area contributed by atoms with Gasteiger partial charge in [0.2, 0.25) is 5.13 Å². The third kappa shape index (κ3) is 2.88. The van der Waals surface area contributed by atoms with Crippen molar-refractivity contribution in [3.8, 4) is 33.4 Å². The van der Waals surface area contributed by atoms with Crippen molar-refractivity contribution in [3.05, 3.63) is 76.4 Å². The lowest BCUT2D eigenvalue weighted by molar-refractivity contribution is 0.416. The molecule has 0 aliphatic rings. The number of nitrogens with one attached hydrogen (secondary N) is 1. The van der Waals surface area contributed by atoms with Gasteiger partial charge in [0.05, 0.1) is 18.5 Å². The molecule has 0 atom stereocenters. The summed E-state index contributed by atoms with van der Waals surface area (Å²) >= 11 is 1.40. The summed E-state index contributed by atoms with van der Waals surface area (Å²) in [7, 11) is 1.63. The van der Waals surface area contributed by atoms with Crippen LogP contribution >= 0.6 is 11.3 Å². The largest absolute Gasteiger partial charge is 0.496 e. The maximum absolute atomic E-state index is 12.4. The third-order valence-corrected chi connectivity index (χ3v) is 4.70. The number of H-pyrrole nitrogens is 1. The fraction of sp³-hybridized carbons (Fsp3) is 0.0526. The first-order valence-electron chi connectivity index (χ1n) is 7.73. The molecular weight excluding hydrogens is 334 g/mol. The number of nitrogens with zero attached hydrogens (tertiary/aromatic N) is 2. The van der Waals surface area contributed by atoms with Crippen LogP contribution in [0.2, 0.25) is 0 Å². The Morgan fingerprint density at radius 2 is 1.84 bits per heavy atom. The van der Waals surface area contributed by atoms with E-state index < -0.39 is 0 Å². The minimum absolute atomic E-state index is 0.139. The zero-order valence-corrected chi connectivity index (χ0v) is 14.3. The lowest BCUT2D eigenvalue weighted by Crippen LogP contribution is -2.13. The van der Waals surface area contributed by atoms with Crippen LogP contribution in [0.25, 0.3) is 27.6 Å². The van der Waals surface area contributed by atoms with E-state index in [4.69, 9.17) is 4.74 Å². The van der Waals surface area contributed by atoms with Gasteiger partial charge in [-0.2, -0.15) is 4.68 Å². The summed E-state index contributed by atoms with van der Waals surface area (Å²) in [6.45, 7) is 0. The highest BCUT2D eigenvalue weighted by atomic mass is 32.1. The number of thiazole rings is 1. The molecule has 124 valence electrons. The molecule has 2 aromatic carbocycles. The van der Waals surface area contributed by atoms with Crippen molar-refractivity contribution in [1.82, 2.24) is 14.8 Å². The second-order valence-corrected chi connectivity index (χ2v) is 6.26. The van der Waals surface area contributed by atoms with Crippen LogP contribution in [0, 0.1) is 0 Å². The van der Waals surface area contributed by atoms with Crippen molar-refractivity contribution in [2.45, 2.75) is 0 Å². The predicted octanol–water partition coefficient (Wildman–Crippen LogP) is 3.96. The Bertz CT molecular complexity index is 1060. The first-order valence-corrected chi connectivity index (χ1v) is 8.61. The number of rotatable bonds is 4. The number of aromatic amines is 1. The molecule has 0 saturated carbocycles. The fourth-order valence-electron chi connectivity index (χ4n) is 2.65. The van der Waals surface area contributed by atoms with E-state index in [1.165, 1.54) is 16.0 Å². The molecule has 2 aromatic heterocycles. The van der Waals surface area contributed by atoms with Crippen molar-refractivity contribution < 1.29 is 4.74 Å². The van der Waals surface area contributed by atoms with Gasteiger partial charge in [0.25, 0.3) is 5.56 Å². The minimum Gasteiger partial charge on any atom is -0.496 e. The molecule has 5 nitrogen and oxygen atoms in total. The lowest BCUT2D eigenvalue weighted by atomic mass is 10.1. The molecule has 0 aliphatic heterocycles. The summed E-state index contributed by atoms with van der Waals surface area (Å²) in [5.74, 6) is 0.753. The highest BCUT2D eigenvalue weighted by Crippen LogP contribution is 2.31. The van der Waals surface area contributed by atoms with Crippen LogP contribution < -0.4 is 10.3 Å². The minimum atomic E-state index is -0.139. The Hall–Kier alpha value is -3.12. The van der Waals surface area contributed by atoms with E-state index in [-0.39, 0.29) is 5.56 Å². The maximum Gasteiger partial charge on any atom is 0.273 e. The average molecular weight is 349 g/mol. The zero-order valence-electron chi connectivity index (χ0n) is 13.5. The van der Waals surface area contributed by atoms with Gasteiger partial charge >= 0.3 is 0 Å². The second-order valence-electron chi connectivity index (χ2n) is 5.43. The van der Waals surface area contributed by atoms with Gasteiger partial charge in [-0.25, -0.2) is 4.98 Å². The van der Waals surface area contributed by atoms with Crippen molar-refractivity contribution >= 4 is 11.3 Å². The Labute approximate surface area is 148 Å². The van der Waals surface area contributed by atoms with E-state index in [9.17, 15) is 4.79 Å². The van der Waals surface area contributed by atoms with Gasteiger partial charge in [0, 0.05) is 17.0 Å². The van der Waals surface area contributed by atoms with Crippen LogP contribution in [0.4, 0.5) is 0 Å². The molecule has 2 heterocycles. The predicted molar refractivity (Wildman–Crippen MR) is 99.5 cm³/mol. The van der Waals surface area contributed by atoms with Crippen LogP contribution in [0.5, 0.6) is 5.75 Å². The number of para-hydroxylation sites is 1. The molecule has 0 unspecified atom stereocenters. The number of ether oxygens (including phenoxy) is 1. The zero-order chi connectivity index (χ0) is 17.2. The monoisotopic (exact) mass is 349 g/mol. The number of hydrogen-bond donors (Lipinski definition) is 1. The van der Waals surface area contributed by atoms with Crippen molar-refractivity contribution in [2.24, 2.45) is 0 Å². The van der Waals surface area contributed by atoms with Gasteiger partial charge < -0.3 is 4.74 Å². The molecule has 0 amide bonds. The molecule has 4 rings (SSSR count). The van der Waals surface area contributed by atoms with E-state index in [0.717, 1.165) is 28.3 Å². The van der Waals surface area contributed by atoms with Gasteiger partial charge in [0.1, 0.15) is 5.75 Å². The van der Waals surface area contributed by atoms with Crippen molar-refractivity contribution in [3.63, 3.8) is 0 Å². The molecule has 0 radical (unpaired) electrons. The summed E-state index contributed by atoms with van der Waals surface area (Å²) < 4.78 is 6.85. The van der Waals surface area contributed by atoms with Gasteiger partial charge in [-0.3, -0.25) is 9.89 Å². The Kier molecular flexibility index (Phi) is 3.95. The number of aromatic nitrogens is 3. The van der Waals surface area contributed by atoms with Gasteiger partial charge in [-0.1, -0.05) is 42.5 Å². The number of methoxy groups -OCH3 is 1.